The average Bonchev–Trinajstić information content (AvgIpc) is 2.97. The first-order valence-corrected chi connectivity index (χ1v) is 9.11. The molecular weight excluding hydrogens is 338 g/mol. The van der Waals surface area contributed by atoms with Gasteiger partial charge in [-0.25, -0.2) is 0 Å². The molecule has 0 atom stereocenters. The van der Waals surface area contributed by atoms with Gasteiger partial charge in [0.25, 0.3) is 5.91 Å². The van der Waals surface area contributed by atoms with Crippen LogP contribution in [0.15, 0.2) is 28.8 Å². The zero-order chi connectivity index (χ0) is 18.0. The highest BCUT2D eigenvalue weighted by Crippen LogP contribution is 2.31. The highest BCUT2D eigenvalue weighted by atomic mass is 35.5. The molecule has 6 heteroatoms. The summed E-state index contributed by atoms with van der Waals surface area (Å²) in [4.78, 5) is 15.3. The third-order valence-electron chi connectivity index (χ3n) is 4.81. The number of aryl methyl sites for hydroxylation is 1. The van der Waals surface area contributed by atoms with Crippen LogP contribution >= 0.6 is 11.6 Å². The molecule has 1 aliphatic rings. The van der Waals surface area contributed by atoms with Gasteiger partial charge >= 0.3 is 0 Å². The van der Waals surface area contributed by atoms with Gasteiger partial charge in [-0.1, -0.05) is 35.0 Å². The maximum atomic E-state index is 12.8. The largest absolute Gasteiger partial charge is 0.360 e. The van der Waals surface area contributed by atoms with Crippen LogP contribution in [-0.2, 0) is 0 Å². The van der Waals surface area contributed by atoms with E-state index in [9.17, 15) is 4.79 Å². The van der Waals surface area contributed by atoms with Gasteiger partial charge in [0.1, 0.15) is 17.0 Å². The van der Waals surface area contributed by atoms with Crippen LogP contribution in [0.3, 0.4) is 0 Å². The Bertz CT molecular complexity index is 749. The molecule has 2 aromatic rings. The Morgan fingerprint density at radius 3 is 2.64 bits per heavy atom. The van der Waals surface area contributed by atoms with E-state index in [1.54, 1.807) is 13.0 Å². The van der Waals surface area contributed by atoms with Gasteiger partial charge in [0.15, 0.2) is 0 Å². The molecule has 0 unspecified atom stereocenters. The summed E-state index contributed by atoms with van der Waals surface area (Å²) in [5.74, 6) is 0.365. The molecule has 5 nitrogen and oxygen atoms in total. The van der Waals surface area contributed by atoms with E-state index in [1.807, 2.05) is 18.2 Å². The molecule has 1 aromatic heterocycles. The Morgan fingerprint density at radius 1 is 1.32 bits per heavy atom. The summed E-state index contributed by atoms with van der Waals surface area (Å²) in [5, 5.41) is 7.76. The second-order valence-corrected chi connectivity index (χ2v) is 7.23. The molecule has 0 saturated carbocycles. The predicted molar refractivity (Wildman–Crippen MR) is 98.9 cm³/mol. The fraction of sp³-hybridized carbons (Fsp3) is 0.474. The molecule has 25 heavy (non-hydrogen) atoms. The van der Waals surface area contributed by atoms with Crippen molar-refractivity contribution < 1.29 is 9.32 Å². The van der Waals surface area contributed by atoms with Crippen LogP contribution in [0.1, 0.15) is 42.8 Å². The van der Waals surface area contributed by atoms with Crippen molar-refractivity contribution in [3.05, 3.63) is 40.6 Å². The number of carbonyl (C=O) groups is 1. The predicted octanol–water partition coefficient (Wildman–Crippen LogP) is 3.91. The van der Waals surface area contributed by atoms with E-state index in [2.05, 4.69) is 29.2 Å². The summed E-state index contributed by atoms with van der Waals surface area (Å²) >= 11 is 6.26. The first-order valence-electron chi connectivity index (χ1n) is 8.73. The summed E-state index contributed by atoms with van der Waals surface area (Å²) in [7, 11) is 0. The Labute approximate surface area is 153 Å². The molecule has 0 radical (unpaired) electrons. The number of nitrogens with one attached hydrogen (secondary N) is 1. The lowest BCUT2D eigenvalue weighted by molar-refractivity contribution is 0.0899. The van der Waals surface area contributed by atoms with Crippen LogP contribution in [0.5, 0.6) is 0 Å². The maximum absolute atomic E-state index is 12.8. The Kier molecular flexibility index (Phi) is 5.45. The van der Waals surface area contributed by atoms with E-state index in [0.717, 1.165) is 25.9 Å². The molecule has 1 fully saturated rings. The number of halogens is 1. The normalized spacial score (nSPS) is 16.4. The van der Waals surface area contributed by atoms with E-state index >= 15 is 0 Å². The van der Waals surface area contributed by atoms with Crippen molar-refractivity contribution in [1.29, 1.82) is 0 Å². The van der Waals surface area contributed by atoms with Gasteiger partial charge < -0.3 is 14.7 Å². The van der Waals surface area contributed by atoms with Gasteiger partial charge in [-0.2, -0.15) is 0 Å². The number of piperidine rings is 1. The van der Waals surface area contributed by atoms with Gasteiger partial charge in [-0.15, -0.1) is 0 Å². The van der Waals surface area contributed by atoms with Crippen LogP contribution in [-0.4, -0.2) is 41.1 Å². The molecule has 0 aliphatic carbocycles. The lowest BCUT2D eigenvalue weighted by Gasteiger charge is -2.34. The molecule has 1 saturated heterocycles. The zero-order valence-corrected chi connectivity index (χ0v) is 15.6. The molecule has 1 amide bonds. The number of hydrogen-bond acceptors (Lipinski definition) is 4. The van der Waals surface area contributed by atoms with Crippen molar-refractivity contribution >= 4 is 17.5 Å². The summed E-state index contributed by atoms with van der Waals surface area (Å²) in [6.45, 7) is 8.17. The van der Waals surface area contributed by atoms with Crippen molar-refractivity contribution in [3.63, 3.8) is 0 Å². The van der Waals surface area contributed by atoms with Crippen LogP contribution in [0.2, 0.25) is 5.02 Å². The SMILES string of the molecule is Cc1onc(-c2ccccc2Cl)c1C(=O)NC1CCN(C(C)C)CC1. The molecule has 3 rings (SSSR count). The minimum atomic E-state index is -0.142. The summed E-state index contributed by atoms with van der Waals surface area (Å²) in [6.07, 6.45) is 1.91. The highest BCUT2D eigenvalue weighted by molar-refractivity contribution is 6.33. The van der Waals surface area contributed by atoms with Crippen LogP contribution in [0, 0.1) is 6.92 Å². The van der Waals surface area contributed by atoms with E-state index in [1.165, 1.54) is 0 Å². The standard InChI is InChI=1S/C19H24ClN3O2/c1-12(2)23-10-8-14(9-11-23)21-19(24)17-13(3)25-22-18(17)15-6-4-5-7-16(15)20/h4-7,12,14H,8-11H2,1-3H3,(H,21,24). The van der Waals surface area contributed by atoms with E-state index in [0.29, 0.717) is 33.6 Å². The Morgan fingerprint density at radius 2 is 2.00 bits per heavy atom. The number of carbonyl (C=O) groups excluding carboxylic acids is 1. The summed E-state index contributed by atoms with van der Waals surface area (Å²) in [5.41, 5.74) is 1.68. The number of benzene rings is 1. The van der Waals surface area contributed by atoms with Crippen molar-refractivity contribution in [2.45, 2.75) is 45.7 Å². The number of likely N-dealkylation sites (tertiary alicyclic amines) is 1. The Hall–Kier alpha value is -1.85. The van der Waals surface area contributed by atoms with Crippen molar-refractivity contribution in [2.75, 3.05) is 13.1 Å². The minimum Gasteiger partial charge on any atom is -0.360 e. The summed E-state index contributed by atoms with van der Waals surface area (Å²) in [6, 6.07) is 8.07. The lowest BCUT2D eigenvalue weighted by Crippen LogP contribution is -2.46. The first kappa shape index (κ1) is 18.0. The fourth-order valence-corrected chi connectivity index (χ4v) is 3.52. The van der Waals surface area contributed by atoms with Crippen LogP contribution in [0.25, 0.3) is 11.3 Å². The van der Waals surface area contributed by atoms with E-state index in [-0.39, 0.29) is 11.9 Å². The van der Waals surface area contributed by atoms with Crippen molar-refractivity contribution in [3.8, 4) is 11.3 Å². The molecule has 134 valence electrons. The topological polar surface area (TPSA) is 58.4 Å². The number of nitrogens with zero attached hydrogens (tertiary/aromatic N) is 2. The van der Waals surface area contributed by atoms with Gasteiger partial charge in [0, 0.05) is 30.7 Å². The fourth-order valence-electron chi connectivity index (χ4n) is 3.29. The number of amides is 1. The molecule has 2 heterocycles. The Balaban J connectivity index is 1.76. The first-order chi connectivity index (χ1) is 12.0. The van der Waals surface area contributed by atoms with Crippen LogP contribution < -0.4 is 5.32 Å². The van der Waals surface area contributed by atoms with E-state index < -0.39 is 0 Å². The molecular formula is C19H24ClN3O2. The second-order valence-electron chi connectivity index (χ2n) is 6.82. The number of rotatable bonds is 4. The maximum Gasteiger partial charge on any atom is 0.257 e. The summed E-state index contributed by atoms with van der Waals surface area (Å²) < 4.78 is 5.29. The van der Waals surface area contributed by atoms with Gasteiger partial charge in [-0.3, -0.25) is 4.79 Å². The third kappa shape index (κ3) is 3.88. The highest BCUT2D eigenvalue weighted by Gasteiger charge is 2.27. The average molecular weight is 362 g/mol. The molecule has 1 aliphatic heterocycles. The third-order valence-corrected chi connectivity index (χ3v) is 5.14. The number of aromatic nitrogens is 1. The zero-order valence-electron chi connectivity index (χ0n) is 14.9. The van der Waals surface area contributed by atoms with Gasteiger partial charge in [0.2, 0.25) is 0 Å². The number of hydrogen-bond donors (Lipinski definition) is 1. The second kappa shape index (κ2) is 7.58. The lowest BCUT2D eigenvalue weighted by atomic mass is 10.0. The quantitative estimate of drug-likeness (QED) is 0.897. The minimum absolute atomic E-state index is 0.142. The van der Waals surface area contributed by atoms with E-state index in [4.69, 9.17) is 16.1 Å². The smallest absolute Gasteiger partial charge is 0.257 e. The molecule has 0 spiro atoms. The van der Waals surface area contributed by atoms with Crippen LogP contribution in [0.4, 0.5) is 0 Å². The molecule has 1 N–H and O–H groups in total. The van der Waals surface area contributed by atoms with Crippen molar-refractivity contribution in [2.24, 2.45) is 0 Å². The molecule has 0 bridgehead atoms. The van der Waals surface area contributed by atoms with Gasteiger partial charge in [0.05, 0.1) is 5.02 Å². The molecule has 1 aromatic carbocycles. The van der Waals surface area contributed by atoms with Crippen molar-refractivity contribution in [1.82, 2.24) is 15.4 Å². The monoisotopic (exact) mass is 361 g/mol. The van der Waals surface area contributed by atoms with Gasteiger partial charge in [-0.05, 0) is 39.7 Å².